The van der Waals surface area contributed by atoms with Gasteiger partial charge in [-0.3, -0.25) is 14.5 Å². The Morgan fingerprint density at radius 2 is 1.95 bits per heavy atom. The molecule has 0 saturated carbocycles. The number of morpholine rings is 1. The number of hydrogen-bond acceptors (Lipinski definition) is 9. The van der Waals surface area contributed by atoms with Crippen molar-refractivity contribution in [3.05, 3.63) is 23.9 Å². The number of likely N-dealkylation sites (N-methyl/N-ethyl adjacent to an activating group) is 2. The van der Waals surface area contributed by atoms with Crippen LogP contribution in [0.2, 0.25) is 0 Å². The molecule has 0 bridgehead atoms. The van der Waals surface area contributed by atoms with Crippen LogP contribution in [0.25, 0.3) is 0 Å². The Kier molecular flexibility index (Phi) is 14.9. The highest BCUT2D eigenvalue weighted by Gasteiger charge is 2.20. The first-order chi connectivity index (χ1) is 18.8. The van der Waals surface area contributed by atoms with Crippen molar-refractivity contribution >= 4 is 23.6 Å². The summed E-state index contributed by atoms with van der Waals surface area (Å²) in [5.74, 6) is 7.26. The van der Waals surface area contributed by atoms with Gasteiger partial charge in [-0.05, 0) is 33.9 Å². The predicted molar refractivity (Wildman–Crippen MR) is 156 cm³/mol. The van der Waals surface area contributed by atoms with E-state index in [2.05, 4.69) is 49.6 Å². The van der Waals surface area contributed by atoms with E-state index in [1.54, 1.807) is 26.2 Å². The van der Waals surface area contributed by atoms with Gasteiger partial charge in [-0.25, -0.2) is 4.98 Å². The highest BCUT2D eigenvalue weighted by molar-refractivity contribution is 5.92. The van der Waals surface area contributed by atoms with Gasteiger partial charge in [-0.2, -0.15) is 4.98 Å². The van der Waals surface area contributed by atoms with Crippen LogP contribution < -0.4 is 16.0 Å². The van der Waals surface area contributed by atoms with Crippen molar-refractivity contribution in [1.29, 1.82) is 0 Å². The fourth-order valence-electron chi connectivity index (χ4n) is 3.63. The molecule has 0 aliphatic carbocycles. The molecule has 2 amide bonds. The number of carbonyl (C=O) groups excluding carboxylic acids is 2. The molecule has 1 aliphatic heterocycles. The Balaban J connectivity index is 1.79. The Labute approximate surface area is 233 Å². The van der Waals surface area contributed by atoms with Gasteiger partial charge in [0.05, 0.1) is 25.0 Å². The number of hydrogen-bond donors (Lipinski definition) is 3. The van der Waals surface area contributed by atoms with Gasteiger partial charge in [0.15, 0.2) is 0 Å². The minimum atomic E-state index is -0.557. The third-order valence-corrected chi connectivity index (χ3v) is 6.19. The van der Waals surface area contributed by atoms with Crippen molar-refractivity contribution in [3.63, 3.8) is 0 Å². The maximum atomic E-state index is 12.5. The van der Waals surface area contributed by atoms with Gasteiger partial charge in [-0.15, -0.1) is 0 Å². The molecule has 1 unspecified atom stereocenters. The van der Waals surface area contributed by atoms with Crippen molar-refractivity contribution in [2.24, 2.45) is 0 Å². The van der Waals surface area contributed by atoms with Crippen molar-refractivity contribution in [1.82, 2.24) is 30.0 Å². The first-order valence-electron chi connectivity index (χ1n) is 13.8. The molecule has 11 nitrogen and oxygen atoms in total. The van der Waals surface area contributed by atoms with Gasteiger partial charge in [0.2, 0.25) is 17.8 Å². The van der Waals surface area contributed by atoms with Gasteiger partial charge in [0.1, 0.15) is 11.9 Å². The summed E-state index contributed by atoms with van der Waals surface area (Å²) in [7, 11) is 5.49. The molecule has 1 aromatic heterocycles. The van der Waals surface area contributed by atoms with E-state index >= 15 is 0 Å². The van der Waals surface area contributed by atoms with Gasteiger partial charge in [0.25, 0.3) is 0 Å². The first-order valence-corrected chi connectivity index (χ1v) is 13.8. The molecule has 3 N–H and O–H groups in total. The van der Waals surface area contributed by atoms with Crippen molar-refractivity contribution in [3.8, 4) is 11.8 Å². The van der Waals surface area contributed by atoms with Gasteiger partial charge in [-0.1, -0.05) is 24.8 Å². The summed E-state index contributed by atoms with van der Waals surface area (Å²) in [6.45, 7) is 10.9. The minimum Gasteiger partial charge on any atom is -0.379 e. The topological polar surface area (TPSA) is 115 Å². The largest absolute Gasteiger partial charge is 0.379 e. The molecule has 11 heteroatoms. The van der Waals surface area contributed by atoms with Crippen LogP contribution in [0.3, 0.4) is 0 Å². The molecule has 1 fully saturated rings. The van der Waals surface area contributed by atoms with Crippen molar-refractivity contribution < 1.29 is 14.3 Å². The van der Waals surface area contributed by atoms with Crippen LogP contribution in [0.4, 0.5) is 11.8 Å². The standard InChI is InChI=1S/C28H46N8O3/c1-6-13-29-26-24(22-32-28(33-26)31-15-17-36-18-20-39-21-19-36)11-8-7-9-14-30-27(38)23(2)35(5)25(37)12-10-16-34(3)4/h10,12,22-23H,6-7,9,13-21H2,1-5H3,(H,30,38)(H2,29,31,32,33). The van der Waals surface area contributed by atoms with E-state index in [1.165, 1.54) is 11.0 Å². The average molecular weight is 543 g/mol. The third kappa shape index (κ3) is 12.5. The van der Waals surface area contributed by atoms with E-state index in [1.807, 2.05) is 19.0 Å². The molecular formula is C28H46N8O3. The van der Waals surface area contributed by atoms with E-state index < -0.39 is 6.04 Å². The highest BCUT2D eigenvalue weighted by Crippen LogP contribution is 2.13. The second kappa shape index (κ2) is 18.2. The van der Waals surface area contributed by atoms with E-state index in [9.17, 15) is 9.59 Å². The zero-order valence-electron chi connectivity index (χ0n) is 24.3. The highest BCUT2D eigenvalue weighted by atomic mass is 16.5. The van der Waals surface area contributed by atoms with Crippen LogP contribution in [0.5, 0.6) is 0 Å². The lowest BCUT2D eigenvalue weighted by Gasteiger charge is -2.26. The first kappa shape index (κ1) is 32.0. The molecule has 1 atom stereocenters. The lowest BCUT2D eigenvalue weighted by atomic mass is 10.2. The lowest BCUT2D eigenvalue weighted by Crippen LogP contribution is -2.45. The molecule has 0 aromatic carbocycles. The summed E-state index contributed by atoms with van der Waals surface area (Å²) in [5.41, 5.74) is 0.752. The molecule has 0 radical (unpaired) electrons. The van der Waals surface area contributed by atoms with Gasteiger partial charge >= 0.3 is 0 Å². The van der Waals surface area contributed by atoms with Crippen LogP contribution in [-0.2, 0) is 14.3 Å². The molecule has 1 saturated heterocycles. The molecular weight excluding hydrogens is 496 g/mol. The zero-order chi connectivity index (χ0) is 28.5. The monoisotopic (exact) mass is 542 g/mol. The molecule has 39 heavy (non-hydrogen) atoms. The Hall–Kier alpha value is -3.20. The fourth-order valence-corrected chi connectivity index (χ4v) is 3.63. The number of carbonyl (C=O) groups is 2. The number of anilines is 2. The van der Waals surface area contributed by atoms with E-state index in [0.717, 1.165) is 63.7 Å². The summed E-state index contributed by atoms with van der Waals surface area (Å²) in [6, 6.07) is -0.557. The van der Waals surface area contributed by atoms with Crippen LogP contribution in [-0.4, -0.2) is 123 Å². The van der Waals surface area contributed by atoms with E-state index in [0.29, 0.717) is 31.9 Å². The van der Waals surface area contributed by atoms with Crippen LogP contribution in [0.1, 0.15) is 38.7 Å². The number of nitrogens with one attached hydrogen (secondary N) is 3. The minimum absolute atomic E-state index is 0.184. The van der Waals surface area contributed by atoms with Gasteiger partial charge in [0, 0.05) is 65.4 Å². The number of ether oxygens (including phenoxy) is 1. The number of rotatable bonds is 15. The second-order valence-electron chi connectivity index (χ2n) is 9.75. The summed E-state index contributed by atoms with van der Waals surface area (Å²) >= 11 is 0. The summed E-state index contributed by atoms with van der Waals surface area (Å²) in [4.78, 5) is 39.5. The van der Waals surface area contributed by atoms with Crippen LogP contribution in [0.15, 0.2) is 18.3 Å². The number of aromatic nitrogens is 2. The quantitative estimate of drug-likeness (QED) is 0.171. The van der Waals surface area contributed by atoms with Gasteiger partial charge < -0.3 is 30.5 Å². The Bertz CT molecular complexity index is 983. The molecule has 216 valence electrons. The average Bonchev–Trinajstić information content (AvgIpc) is 2.93. The molecule has 1 aliphatic rings. The third-order valence-electron chi connectivity index (χ3n) is 6.19. The lowest BCUT2D eigenvalue weighted by molar-refractivity contribution is -0.135. The van der Waals surface area contributed by atoms with Crippen LogP contribution >= 0.6 is 0 Å². The number of nitrogens with zero attached hydrogens (tertiary/aromatic N) is 5. The number of unbranched alkanes of at least 4 members (excludes halogenated alkanes) is 1. The van der Waals surface area contributed by atoms with Crippen LogP contribution in [0, 0.1) is 11.8 Å². The maximum Gasteiger partial charge on any atom is 0.246 e. The summed E-state index contributed by atoms with van der Waals surface area (Å²) < 4.78 is 5.39. The Morgan fingerprint density at radius 1 is 1.18 bits per heavy atom. The SMILES string of the molecule is CCCNc1nc(NCCN2CCOCC2)ncc1C#CCCCNC(=O)C(C)N(C)C(=O)C=CCN(C)C. The van der Waals surface area contributed by atoms with E-state index in [4.69, 9.17) is 4.74 Å². The second-order valence-corrected chi connectivity index (χ2v) is 9.75. The van der Waals surface area contributed by atoms with Crippen molar-refractivity contribution in [2.45, 2.75) is 39.2 Å². The molecule has 0 spiro atoms. The molecule has 2 rings (SSSR count). The summed E-state index contributed by atoms with van der Waals surface area (Å²) in [5, 5.41) is 9.54. The fraction of sp³-hybridized carbons (Fsp3) is 0.643. The number of amides is 2. The predicted octanol–water partition coefficient (Wildman–Crippen LogP) is 1.26. The maximum absolute atomic E-state index is 12.5. The smallest absolute Gasteiger partial charge is 0.246 e. The Morgan fingerprint density at radius 3 is 2.67 bits per heavy atom. The molecule has 1 aromatic rings. The molecule has 2 heterocycles. The van der Waals surface area contributed by atoms with Crippen molar-refractivity contribution in [2.75, 3.05) is 90.8 Å². The zero-order valence-corrected chi connectivity index (χ0v) is 24.3. The summed E-state index contributed by atoms with van der Waals surface area (Å²) in [6.07, 6.45) is 7.32. The van der Waals surface area contributed by atoms with E-state index in [-0.39, 0.29) is 11.8 Å². The normalized spacial score (nSPS) is 14.5.